The van der Waals surface area contributed by atoms with E-state index in [9.17, 15) is 19.2 Å². The third-order valence-electron chi connectivity index (χ3n) is 5.27. The van der Waals surface area contributed by atoms with Crippen LogP contribution in [0, 0.1) is 0 Å². The minimum Gasteiger partial charge on any atom is -0.274 e. The molecule has 2 heterocycles. The molecule has 0 aromatic heterocycles. The molecular weight excluding hydrogens is 427 g/mol. The zero-order valence-corrected chi connectivity index (χ0v) is 17.4. The van der Waals surface area contributed by atoms with Crippen molar-refractivity contribution in [3.63, 3.8) is 0 Å². The van der Waals surface area contributed by atoms with Gasteiger partial charge in [0.05, 0.1) is 24.2 Å². The van der Waals surface area contributed by atoms with Crippen LogP contribution in [0.4, 0.5) is 11.4 Å². The summed E-state index contributed by atoms with van der Waals surface area (Å²) in [6, 6.07) is 14.5. The van der Waals surface area contributed by atoms with Crippen molar-refractivity contribution < 1.29 is 19.2 Å². The Hall–Kier alpha value is -2.70. The molecule has 0 bridgehead atoms. The molecule has 4 rings (SSSR count). The second kappa shape index (κ2) is 8.20. The Morgan fingerprint density at radius 1 is 0.633 bits per heavy atom. The van der Waals surface area contributed by atoms with Crippen LogP contribution in [0.1, 0.15) is 24.0 Å². The van der Waals surface area contributed by atoms with E-state index >= 15 is 0 Å². The number of carbonyl (C=O) groups excluding carboxylic acids is 4. The Kier molecular flexibility index (Phi) is 5.62. The molecule has 0 N–H and O–H groups in total. The number of alkyl halides is 2. The van der Waals surface area contributed by atoms with Gasteiger partial charge >= 0.3 is 0 Å². The van der Waals surface area contributed by atoms with Gasteiger partial charge in [-0.3, -0.25) is 19.2 Å². The lowest BCUT2D eigenvalue weighted by atomic mass is 10.0. The number of nitrogens with zero attached hydrogens (tertiary/aromatic N) is 2. The number of aryl methyl sites for hydroxylation is 2. The smallest absolute Gasteiger partial charge is 0.252 e. The molecule has 2 aromatic rings. The molecular formula is C22H18Cl2N2O4. The molecule has 0 saturated carbocycles. The van der Waals surface area contributed by atoms with Gasteiger partial charge in [0.15, 0.2) is 0 Å². The van der Waals surface area contributed by atoms with Crippen molar-refractivity contribution in [2.24, 2.45) is 0 Å². The van der Waals surface area contributed by atoms with Gasteiger partial charge in [0.1, 0.15) is 10.8 Å². The molecule has 4 amide bonds. The molecule has 0 radical (unpaired) electrons. The highest BCUT2D eigenvalue weighted by Gasteiger charge is 2.39. The monoisotopic (exact) mass is 444 g/mol. The first-order chi connectivity index (χ1) is 14.3. The maximum absolute atomic E-state index is 12.0. The maximum atomic E-state index is 12.0. The number of hydrogen-bond acceptors (Lipinski definition) is 4. The Balaban J connectivity index is 1.38. The first-order valence-corrected chi connectivity index (χ1v) is 10.4. The van der Waals surface area contributed by atoms with Crippen LogP contribution in [-0.4, -0.2) is 34.4 Å². The third-order valence-corrected chi connectivity index (χ3v) is 5.96. The number of rotatable bonds is 5. The van der Waals surface area contributed by atoms with Gasteiger partial charge in [-0.25, -0.2) is 9.80 Å². The van der Waals surface area contributed by atoms with Gasteiger partial charge in [0.25, 0.3) is 11.8 Å². The number of benzene rings is 2. The van der Waals surface area contributed by atoms with Crippen molar-refractivity contribution in [3.8, 4) is 0 Å². The molecule has 2 aliphatic rings. The van der Waals surface area contributed by atoms with E-state index in [0.717, 1.165) is 33.8 Å². The Bertz CT molecular complexity index is 937. The molecule has 6 nitrogen and oxygen atoms in total. The van der Waals surface area contributed by atoms with Crippen LogP contribution in [0.25, 0.3) is 0 Å². The van der Waals surface area contributed by atoms with Crippen molar-refractivity contribution in [1.29, 1.82) is 0 Å². The minimum absolute atomic E-state index is 0.0261. The van der Waals surface area contributed by atoms with Gasteiger partial charge in [-0.15, -0.1) is 23.2 Å². The fourth-order valence-electron chi connectivity index (χ4n) is 3.64. The van der Waals surface area contributed by atoms with Crippen molar-refractivity contribution >= 4 is 58.2 Å². The summed E-state index contributed by atoms with van der Waals surface area (Å²) in [6.07, 6.45) is 1.56. The molecule has 0 spiro atoms. The van der Waals surface area contributed by atoms with Gasteiger partial charge in [0.2, 0.25) is 11.8 Å². The molecule has 8 heteroatoms. The average molecular weight is 445 g/mol. The fourth-order valence-corrected chi connectivity index (χ4v) is 4.10. The highest BCUT2D eigenvalue weighted by molar-refractivity contribution is 6.41. The normalized spacial score (nSPS) is 21.8. The second-order valence-corrected chi connectivity index (χ2v) is 8.36. The lowest BCUT2D eigenvalue weighted by molar-refractivity contribution is -0.122. The Morgan fingerprint density at radius 2 is 0.967 bits per heavy atom. The molecule has 2 unspecified atom stereocenters. The van der Waals surface area contributed by atoms with Crippen LogP contribution in [0.5, 0.6) is 0 Å². The molecule has 2 atom stereocenters. The van der Waals surface area contributed by atoms with Crippen LogP contribution in [-0.2, 0) is 32.0 Å². The van der Waals surface area contributed by atoms with Gasteiger partial charge < -0.3 is 0 Å². The molecule has 0 aliphatic carbocycles. The van der Waals surface area contributed by atoms with E-state index in [1.807, 2.05) is 24.3 Å². The zero-order valence-electron chi connectivity index (χ0n) is 15.9. The fraction of sp³-hybridized carbons (Fsp3) is 0.273. The zero-order chi connectivity index (χ0) is 21.4. The van der Waals surface area contributed by atoms with Gasteiger partial charge in [-0.1, -0.05) is 24.3 Å². The number of halogens is 2. The van der Waals surface area contributed by atoms with E-state index in [1.54, 1.807) is 24.3 Å². The van der Waals surface area contributed by atoms with Crippen LogP contribution >= 0.6 is 23.2 Å². The summed E-state index contributed by atoms with van der Waals surface area (Å²) in [6.45, 7) is 0. The second-order valence-electron chi connectivity index (χ2n) is 7.31. The van der Waals surface area contributed by atoms with Gasteiger partial charge in [-0.2, -0.15) is 0 Å². The predicted octanol–water partition coefficient (Wildman–Crippen LogP) is 3.21. The molecule has 2 aromatic carbocycles. The summed E-state index contributed by atoms with van der Waals surface area (Å²) < 4.78 is 0. The standard InChI is InChI=1S/C22H18Cl2N2O4/c23-17-11-19(27)25(21(17)29)15-7-3-13(4-8-15)1-2-14-5-9-16(10-6-14)26-20(28)12-18(24)22(26)30/h3-10,17-18H,1-2,11-12H2. The van der Waals surface area contributed by atoms with Crippen LogP contribution in [0.3, 0.4) is 0 Å². The van der Waals surface area contributed by atoms with Crippen LogP contribution in [0.2, 0.25) is 0 Å². The molecule has 154 valence electrons. The molecule has 2 aliphatic heterocycles. The first kappa shape index (κ1) is 20.6. The van der Waals surface area contributed by atoms with Crippen molar-refractivity contribution in [3.05, 3.63) is 59.7 Å². The number of hydrogen-bond donors (Lipinski definition) is 0. The number of anilines is 2. The quantitative estimate of drug-likeness (QED) is 0.524. The summed E-state index contributed by atoms with van der Waals surface area (Å²) >= 11 is 11.7. The molecule has 2 fully saturated rings. The average Bonchev–Trinajstić information content (AvgIpc) is 3.14. The van der Waals surface area contributed by atoms with Crippen molar-refractivity contribution in [2.45, 2.75) is 36.4 Å². The van der Waals surface area contributed by atoms with Crippen LogP contribution < -0.4 is 9.80 Å². The maximum Gasteiger partial charge on any atom is 0.252 e. The Labute approximate surface area is 183 Å². The summed E-state index contributed by atoms with van der Waals surface area (Å²) in [5, 5.41) is -1.58. The lowest BCUT2D eigenvalue weighted by Crippen LogP contribution is -2.30. The number of imide groups is 2. The van der Waals surface area contributed by atoms with E-state index in [4.69, 9.17) is 23.2 Å². The van der Waals surface area contributed by atoms with Gasteiger partial charge in [-0.05, 0) is 48.2 Å². The van der Waals surface area contributed by atoms with Gasteiger partial charge in [0, 0.05) is 0 Å². The highest BCUT2D eigenvalue weighted by Crippen LogP contribution is 2.27. The Morgan fingerprint density at radius 3 is 1.23 bits per heavy atom. The summed E-state index contributed by atoms with van der Waals surface area (Å²) in [4.78, 5) is 50.2. The predicted molar refractivity (Wildman–Crippen MR) is 114 cm³/mol. The van der Waals surface area contributed by atoms with E-state index < -0.39 is 10.8 Å². The van der Waals surface area contributed by atoms with Crippen LogP contribution in [0.15, 0.2) is 48.5 Å². The number of amides is 4. The molecule has 2 saturated heterocycles. The van der Waals surface area contributed by atoms with Crippen molar-refractivity contribution in [1.82, 2.24) is 0 Å². The summed E-state index contributed by atoms with van der Waals surface area (Å²) in [5.41, 5.74) is 3.16. The van der Waals surface area contributed by atoms with Crippen molar-refractivity contribution in [2.75, 3.05) is 9.80 Å². The van der Waals surface area contributed by atoms with E-state index in [1.165, 1.54) is 0 Å². The third kappa shape index (κ3) is 3.85. The number of carbonyl (C=O) groups is 4. The summed E-state index contributed by atoms with van der Waals surface area (Å²) in [5.74, 6) is -1.35. The lowest BCUT2D eigenvalue weighted by Gasteiger charge is -2.15. The molecule has 30 heavy (non-hydrogen) atoms. The topological polar surface area (TPSA) is 74.8 Å². The SMILES string of the molecule is O=C1CC(Cl)C(=O)N1c1ccc(CCc2ccc(N3C(=O)CC(Cl)C3=O)cc2)cc1. The summed E-state index contributed by atoms with van der Waals surface area (Å²) in [7, 11) is 0. The van der Waals surface area contributed by atoms with E-state index in [0.29, 0.717) is 11.4 Å². The highest BCUT2D eigenvalue weighted by atomic mass is 35.5. The van der Waals surface area contributed by atoms with E-state index in [2.05, 4.69) is 0 Å². The largest absolute Gasteiger partial charge is 0.274 e. The van der Waals surface area contributed by atoms with E-state index in [-0.39, 0.29) is 36.5 Å². The first-order valence-electron chi connectivity index (χ1n) is 9.55. The minimum atomic E-state index is -0.790.